The van der Waals surface area contributed by atoms with Crippen LogP contribution in [0.15, 0.2) is 0 Å². The van der Waals surface area contributed by atoms with Crippen molar-refractivity contribution in [2.24, 2.45) is 23.2 Å². The van der Waals surface area contributed by atoms with Crippen molar-refractivity contribution in [1.29, 1.82) is 0 Å². The molecule has 5 aliphatic rings. The van der Waals surface area contributed by atoms with Gasteiger partial charge < -0.3 is 14.8 Å². The summed E-state index contributed by atoms with van der Waals surface area (Å²) in [5, 5.41) is 2.69. The van der Waals surface area contributed by atoms with Crippen molar-refractivity contribution in [3.63, 3.8) is 0 Å². The summed E-state index contributed by atoms with van der Waals surface area (Å²) >= 11 is 0. The van der Waals surface area contributed by atoms with Crippen molar-refractivity contribution in [1.82, 2.24) is 5.32 Å². The largest absolute Gasteiger partial charge is 0.460 e. The quantitative estimate of drug-likeness (QED) is 0.767. The van der Waals surface area contributed by atoms with Gasteiger partial charge in [0.1, 0.15) is 12.6 Å². The van der Waals surface area contributed by atoms with Crippen molar-refractivity contribution in [3.05, 3.63) is 0 Å². The molecule has 0 aromatic carbocycles. The van der Waals surface area contributed by atoms with E-state index in [-0.39, 0.29) is 24.0 Å². The van der Waals surface area contributed by atoms with Crippen LogP contribution >= 0.6 is 0 Å². The summed E-state index contributed by atoms with van der Waals surface area (Å²) in [6.45, 7) is 1.59. The van der Waals surface area contributed by atoms with Gasteiger partial charge in [-0.1, -0.05) is 0 Å². The zero-order valence-corrected chi connectivity index (χ0v) is 14.8. The third-order valence-corrected chi connectivity index (χ3v) is 6.53. The summed E-state index contributed by atoms with van der Waals surface area (Å²) in [5.74, 6) is 1.27. The monoisotopic (exact) mass is 349 g/mol. The number of cyclic esters (lactones) is 1. The van der Waals surface area contributed by atoms with E-state index in [1.165, 1.54) is 38.5 Å². The Bertz CT molecular complexity index is 551. The summed E-state index contributed by atoms with van der Waals surface area (Å²) in [6, 6.07) is 0. The second kappa shape index (κ2) is 6.29. The van der Waals surface area contributed by atoms with E-state index in [1.54, 1.807) is 6.92 Å². The summed E-state index contributed by atoms with van der Waals surface area (Å²) in [6.07, 6.45) is 7.40. The summed E-state index contributed by atoms with van der Waals surface area (Å²) in [7, 11) is 0. The van der Waals surface area contributed by atoms with Gasteiger partial charge in [-0.15, -0.1) is 0 Å². The molecule has 4 bridgehead atoms. The van der Waals surface area contributed by atoms with Crippen molar-refractivity contribution >= 4 is 17.8 Å². The maximum absolute atomic E-state index is 12.4. The molecule has 0 spiro atoms. The molecular formula is C19H27NO5. The maximum atomic E-state index is 12.4. The summed E-state index contributed by atoms with van der Waals surface area (Å²) in [4.78, 5) is 35.7. The van der Waals surface area contributed by atoms with E-state index >= 15 is 0 Å². The smallest absolute Gasteiger partial charge is 0.347 e. The second-order valence-corrected chi connectivity index (χ2v) is 8.83. The number of esters is 2. The minimum absolute atomic E-state index is 0.0683. The molecule has 2 atom stereocenters. The Labute approximate surface area is 148 Å². The third kappa shape index (κ3) is 3.53. The fourth-order valence-corrected chi connectivity index (χ4v) is 6.10. The van der Waals surface area contributed by atoms with Crippen molar-refractivity contribution in [2.75, 3.05) is 6.54 Å². The molecule has 6 heteroatoms. The molecule has 1 amide bonds. The average Bonchev–Trinajstić information content (AvgIpc) is 2.81. The Balaban J connectivity index is 1.24. The highest BCUT2D eigenvalue weighted by molar-refractivity contribution is 5.85. The Morgan fingerprint density at radius 2 is 1.72 bits per heavy atom. The summed E-state index contributed by atoms with van der Waals surface area (Å²) in [5.41, 5.74) is 0.160. The highest BCUT2D eigenvalue weighted by Crippen LogP contribution is 2.61. The fraction of sp³-hybridized carbons (Fsp3) is 0.842. The standard InChI is InChI=1S/C19H27NO5/c1-11-2-15(18(23)24-11)25-17(22)10-20-16(21)9-19-6-12-3-13(7-19)5-14(4-12)8-19/h11-15H,2-10H2,1H3,(H,20,21)/t11-,12?,13?,14?,15+,19?/m0/s1. The number of hydrogen-bond acceptors (Lipinski definition) is 5. The van der Waals surface area contributed by atoms with Crippen LogP contribution in [0.25, 0.3) is 0 Å². The first kappa shape index (κ1) is 16.9. The first-order valence-electron chi connectivity index (χ1n) is 9.57. The Morgan fingerprint density at radius 3 is 2.24 bits per heavy atom. The van der Waals surface area contributed by atoms with Crippen LogP contribution in [0.5, 0.6) is 0 Å². The van der Waals surface area contributed by atoms with E-state index in [0.29, 0.717) is 12.8 Å². The van der Waals surface area contributed by atoms with Crippen molar-refractivity contribution in [3.8, 4) is 0 Å². The van der Waals surface area contributed by atoms with Crippen LogP contribution in [0.1, 0.15) is 58.3 Å². The predicted molar refractivity (Wildman–Crippen MR) is 88.3 cm³/mol. The normalized spacial score (nSPS) is 41.5. The van der Waals surface area contributed by atoms with E-state index in [2.05, 4.69) is 5.32 Å². The number of amides is 1. The Kier molecular flexibility index (Phi) is 4.24. The molecule has 138 valence electrons. The third-order valence-electron chi connectivity index (χ3n) is 6.53. The van der Waals surface area contributed by atoms with Gasteiger partial charge in [-0.3, -0.25) is 9.59 Å². The molecule has 1 saturated heterocycles. The molecule has 4 saturated carbocycles. The molecule has 5 fully saturated rings. The van der Waals surface area contributed by atoms with Gasteiger partial charge >= 0.3 is 11.9 Å². The fourth-order valence-electron chi connectivity index (χ4n) is 6.10. The molecule has 1 aliphatic heterocycles. The predicted octanol–water partition coefficient (Wildman–Crippen LogP) is 1.96. The zero-order chi connectivity index (χ0) is 17.6. The zero-order valence-electron chi connectivity index (χ0n) is 14.8. The maximum Gasteiger partial charge on any atom is 0.347 e. The highest BCUT2D eigenvalue weighted by Gasteiger charge is 2.51. The van der Waals surface area contributed by atoms with E-state index in [0.717, 1.165) is 17.8 Å². The molecule has 0 unspecified atom stereocenters. The molecule has 6 nitrogen and oxygen atoms in total. The van der Waals surface area contributed by atoms with Crippen molar-refractivity contribution in [2.45, 2.75) is 70.5 Å². The lowest BCUT2D eigenvalue weighted by Gasteiger charge is -2.56. The van der Waals surface area contributed by atoms with E-state index in [4.69, 9.17) is 9.47 Å². The van der Waals surface area contributed by atoms with Crippen LogP contribution in [0.3, 0.4) is 0 Å². The summed E-state index contributed by atoms with van der Waals surface area (Å²) < 4.78 is 10.1. The minimum Gasteiger partial charge on any atom is -0.460 e. The molecule has 0 aromatic heterocycles. The lowest BCUT2D eigenvalue weighted by atomic mass is 9.49. The first-order chi connectivity index (χ1) is 11.9. The van der Waals surface area contributed by atoms with Gasteiger partial charge in [-0.25, -0.2) is 4.79 Å². The van der Waals surface area contributed by atoms with Gasteiger partial charge in [-0.05, 0) is 68.6 Å². The molecular weight excluding hydrogens is 322 g/mol. The molecule has 4 aliphatic carbocycles. The van der Waals surface area contributed by atoms with Crippen LogP contribution in [0.2, 0.25) is 0 Å². The van der Waals surface area contributed by atoms with E-state index in [1.807, 2.05) is 0 Å². The lowest BCUT2D eigenvalue weighted by molar-refractivity contribution is -0.160. The van der Waals surface area contributed by atoms with Crippen LogP contribution in [-0.4, -0.2) is 36.6 Å². The molecule has 1 N–H and O–H groups in total. The van der Waals surface area contributed by atoms with Crippen molar-refractivity contribution < 1.29 is 23.9 Å². The van der Waals surface area contributed by atoms with Gasteiger partial charge in [0.2, 0.25) is 12.0 Å². The minimum atomic E-state index is -0.831. The Hall–Kier alpha value is -1.59. The lowest BCUT2D eigenvalue weighted by Crippen LogP contribution is -2.48. The number of carbonyl (C=O) groups is 3. The van der Waals surface area contributed by atoms with Gasteiger partial charge in [0.05, 0.1) is 0 Å². The van der Waals surface area contributed by atoms with Gasteiger partial charge in [0.25, 0.3) is 0 Å². The van der Waals surface area contributed by atoms with Gasteiger partial charge in [0.15, 0.2) is 0 Å². The van der Waals surface area contributed by atoms with Crippen LogP contribution in [0.4, 0.5) is 0 Å². The van der Waals surface area contributed by atoms with Crippen LogP contribution in [0, 0.1) is 23.2 Å². The molecule has 0 radical (unpaired) electrons. The molecule has 25 heavy (non-hydrogen) atoms. The number of hydrogen-bond donors (Lipinski definition) is 1. The number of rotatable bonds is 5. The topological polar surface area (TPSA) is 81.7 Å². The second-order valence-electron chi connectivity index (χ2n) is 8.83. The van der Waals surface area contributed by atoms with Crippen LogP contribution in [-0.2, 0) is 23.9 Å². The average molecular weight is 349 g/mol. The van der Waals surface area contributed by atoms with E-state index in [9.17, 15) is 14.4 Å². The highest BCUT2D eigenvalue weighted by atomic mass is 16.6. The number of carbonyl (C=O) groups excluding carboxylic acids is 3. The van der Waals surface area contributed by atoms with E-state index < -0.39 is 18.0 Å². The molecule has 0 aromatic rings. The SMILES string of the molecule is C[C@H]1C[C@@H](OC(=O)CNC(=O)CC23CC4CC(CC(C4)C2)C3)C(=O)O1. The number of nitrogens with one attached hydrogen (secondary N) is 1. The molecule has 1 heterocycles. The molecule has 5 rings (SSSR count). The number of ether oxygens (including phenoxy) is 2. The van der Waals surface area contributed by atoms with Gasteiger partial charge in [-0.2, -0.15) is 0 Å². The van der Waals surface area contributed by atoms with Crippen LogP contribution < -0.4 is 5.32 Å². The van der Waals surface area contributed by atoms with Gasteiger partial charge in [0, 0.05) is 12.8 Å². The Morgan fingerprint density at radius 1 is 1.12 bits per heavy atom. The first-order valence-corrected chi connectivity index (χ1v) is 9.57.